The molecule has 0 aliphatic carbocycles. The van der Waals surface area contributed by atoms with Gasteiger partial charge < -0.3 is 24.5 Å². The van der Waals surface area contributed by atoms with Gasteiger partial charge in [0.2, 0.25) is 6.29 Å². The monoisotopic (exact) mass is 361 g/mol. The van der Waals surface area contributed by atoms with Crippen molar-refractivity contribution < 1.29 is 24.5 Å². The number of carboxylic acid groups (broad SMARTS) is 1. The van der Waals surface area contributed by atoms with E-state index >= 15 is 0 Å². The van der Waals surface area contributed by atoms with E-state index in [4.69, 9.17) is 9.47 Å². The first-order valence-corrected chi connectivity index (χ1v) is 9.35. The zero-order chi connectivity index (χ0) is 17.8. The van der Waals surface area contributed by atoms with Crippen LogP contribution >= 0.6 is 11.3 Å². The lowest BCUT2D eigenvalue weighted by molar-refractivity contribution is -0.316. The summed E-state index contributed by atoms with van der Waals surface area (Å²) in [5.41, 5.74) is 0.736. The molecule has 0 amide bonds. The fraction of sp³-hybridized carbons (Fsp3) is 0.421. The Labute approximate surface area is 150 Å². The number of aryl methyl sites for hydroxylation is 1. The highest BCUT2D eigenvalue weighted by molar-refractivity contribution is 7.09. The van der Waals surface area contributed by atoms with Gasteiger partial charge in [0.25, 0.3) is 0 Å². The van der Waals surface area contributed by atoms with Crippen LogP contribution in [-0.4, -0.2) is 17.4 Å². The third-order valence-corrected chi connectivity index (χ3v) is 5.25. The summed E-state index contributed by atoms with van der Waals surface area (Å²) >= 11 is 1.67. The van der Waals surface area contributed by atoms with Gasteiger partial charge >= 0.3 is 0 Å². The van der Waals surface area contributed by atoms with Crippen LogP contribution < -0.4 is 14.6 Å². The second-order valence-corrected chi connectivity index (χ2v) is 7.19. The molecule has 3 rings (SSSR count). The largest absolute Gasteiger partial charge is 0.550 e. The molecule has 2 heterocycles. The lowest BCUT2D eigenvalue weighted by Gasteiger charge is -2.22. The summed E-state index contributed by atoms with van der Waals surface area (Å²) in [6.07, 6.45) is 1.06. The van der Waals surface area contributed by atoms with Crippen molar-refractivity contribution in [1.82, 2.24) is 0 Å². The number of carbonyl (C=O) groups excluding carboxylic acids is 1. The molecule has 1 aromatic carbocycles. The molecule has 3 atom stereocenters. The average molecular weight is 361 g/mol. The molecular weight excluding hydrogens is 340 g/mol. The molecule has 6 heteroatoms. The number of hydrogen-bond donors (Lipinski definition) is 1. The predicted octanol–water partition coefficient (Wildman–Crippen LogP) is 2.68. The Morgan fingerprint density at radius 2 is 2.08 bits per heavy atom. The van der Waals surface area contributed by atoms with Gasteiger partial charge in [0.1, 0.15) is 0 Å². The molecule has 3 unspecified atom stereocenters. The van der Waals surface area contributed by atoms with Gasteiger partial charge in [-0.15, -0.1) is 11.3 Å². The van der Waals surface area contributed by atoms with Crippen molar-refractivity contribution in [2.45, 2.75) is 45.0 Å². The highest BCUT2D eigenvalue weighted by Gasteiger charge is 2.32. The van der Waals surface area contributed by atoms with Crippen molar-refractivity contribution >= 4 is 17.3 Å². The van der Waals surface area contributed by atoms with Gasteiger partial charge in [-0.2, -0.15) is 0 Å². The van der Waals surface area contributed by atoms with Gasteiger partial charge in [-0.05, 0) is 48.4 Å². The van der Waals surface area contributed by atoms with E-state index in [2.05, 4.69) is 6.07 Å². The molecule has 1 aliphatic heterocycles. The fourth-order valence-corrected chi connectivity index (χ4v) is 3.66. The summed E-state index contributed by atoms with van der Waals surface area (Å²) in [5.74, 6) is -1.01. The SMILES string of the molecule is CCCC(C(=O)[O-])C1Oc2ccc(C(O)CCc3cccs3)cc2O1. The predicted molar refractivity (Wildman–Crippen MR) is 92.5 cm³/mol. The summed E-state index contributed by atoms with van der Waals surface area (Å²) in [6.45, 7) is 1.90. The van der Waals surface area contributed by atoms with E-state index in [0.717, 1.165) is 12.0 Å². The number of thiophene rings is 1. The molecule has 134 valence electrons. The van der Waals surface area contributed by atoms with Crippen molar-refractivity contribution in [3.63, 3.8) is 0 Å². The maximum Gasteiger partial charge on any atom is 0.249 e. The van der Waals surface area contributed by atoms with Crippen molar-refractivity contribution in [2.75, 3.05) is 0 Å². The highest BCUT2D eigenvalue weighted by atomic mass is 32.1. The van der Waals surface area contributed by atoms with Crippen LogP contribution in [-0.2, 0) is 11.2 Å². The summed E-state index contributed by atoms with van der Waals surface area (Å²) in [6, 6.07) is 9.29. The van der Waals surface area contributed by atoms with E-state index in [1.807, 2.05) is 18.4 Å². The van der Waals surface area contributed by atoms with Crippen LogP contribution in [0.1, 0.15) is 42.7 Å². The maximum atomic E-state index is 11.3. The molecule has 5 nitrogen and oxygen atoms in total. The Balaban J connectivity index is 1.66. The summed E-state index contributed by atoms with van der Waals surface area (Å²) in [7, 11) is 0. The zero-order valence-electron chi connectivity index (χ0n) is 14.0. The molecule has 0 fully saturated rings. The second kappa shape index (κ2) is 7.89. The first kappa shape index (κ1) is 17.8. The number of hydrogen-bond acceptors (Lipinski definition) is 6. The van der Waals surface area contributed by atoms with Crippen molar-refractivity contribution in [1.29, 1.82) is 0 Å². The van der Waals surface area contributed by atoms with Crippen LogP contribution in [0.15, 0.2) is 35.7 Å². The smallest absolute Gasteiger partial charge is 0.249 e. The van der Waals surface area contributed by atoms with E-state index in [0.29, 0.717) is 30.8 Å². The molecule has 2 aromatic rings. The number of carbonyl (C=O) groups is 1. The lowest BCUT2D eigenvalue weighted by atomic mass is 10.0. The number of rotatable bonds is 8. The Kier molecular flexibility index (Phi) is 5.60. The first-order valence-electron chi connectivity index (χ1n) is 8.47. The number of aliphatic hydroxyl groups excluding tert-OH is 1. The van der Waals surface area contributed by atoms with Crippen molar-refractivity contribution in [3.8, 4) is 11.5 Å². The number of ether oxygens (including phenoxy) is 2. The number of fused-ring (bicyclic) bond motifs is 1. The highest BCUT2D eigenvalue weighted by Crippen LogP contribution is 2.39. The molecule has 1 aromatic heterocycles. The summed E-state index contributed by atoms with van der Waals surface area (Å²) in [5, 5.41) is 23.7. The average Bonchev–Trinajstić information content (AvgIpc) is 3.25. The van der Waals surface area contributed by atoms with E-state index in [-0.39, 0.29) is 0 Å². The van der Waals surface area contributed by atoms with Crippen LogP contribution in [0, 0.1) is 5.92 Å². The van der Waals surface area contributed by atoms with E-state index in [1.165, 1.54) is 4.88 Å². The van der Waals surface area contributed by atoms with Gasteiger partial charge in [0.15, 0.2) is 11.5 Å². The van der Waals surface area contributed by atoms with Crippen LogP contribution in [0.25, 0.3) is 0 Å². The van der Waals surface area contributed by atoms with Crippen LogP contribution in [0.2, 0.25) is 0 Å². The molecule has 0 bridgehead atoms. The van der Waals surface area contributed by atoms with Gasteiger partial charge in [0, 0.05) is 4.88 Å². The van der Waals surface area contributed by atoms with Crippen LogP contribution in [0.4, 0.5) is 0 Å². The number of aliphatic carboxylic acids is 1. The second-order valence-electron chi connectivity index (χ2n) is 6.16. The van der Waals surface area contributed by atoms with Crippen molar-refractivity contribution in [2.24, 2.45) is 5.92 Å². The van der Waals surface area contributed by atoms with Crippen molar-refractivity contribution in [3.05, 3.63) is 46.2 Å². The third kappa shape index (κ3) is 4.14. The zero-order valence-corrected chi connectivity index (χ0v) is 14.8. The molecule has 1 aliphatic rings. The van der Waals surface area contributed by atoms with E-state index < -0.39 is 24.3 Å². The Hall–Kier alpha value is -2.05. The molecule has 0 radical (unpaired) electrons. The van der Waals surface area contributed by atoms with Gasteiger partial charge in [0.05, 0.1) is 18.0 Å². The van der Waals surface area contributed by atoms with Crippen LogP contribution in [0.5, 0.6) is 11.5 Å². The summed E-state index contributed by atoms with van der Waals surface area (Å²) < 4.78 is 11.3. The van der Waals surface area contributed by atoms with Gasteiger partial charge in [-0.25, -0.2) is 0 Å². The molecule has 0 spiro atoms. The standard InChI is InChI=1S/C19H22O5S/c1-2-4-14(18(21)22)19-23-16-9-6-12(11-17(16)24-19)15(20)8-7-13-5-3-10-25-13/h3,5-6,9-11,14-15,19-20H,2,4,7-8H2,1H3,(H,21,22)/p-1. The fourth-order valence-electron chi connectivity index (χ4n) is 2.94. The Morgan fingerprint density at radius 1 is 1.28 bits per heavy atom. The number of carboxylic acids is 1. The van der Waals surface area contributed by atoms with E-state index in [1.54, 1.807) is 29.5 Å². The third-order valence-electron chi connectivity index (χ3n) is 4.31. The number of benzene rings is 1. The molecule has 25 heavy (non-hydrogen) atoms. The van der Waals surface area contributed by atoms with Crippen LogP contribution in [0.3, 0.4) is 0 Å². The molecular formula is C19H21O5S-. The number of aliphatic hydroxyl groups is 1. The Bertz CT molecular complexity index is 713. The molecule has 0 saturated heterocycles. The van der Waals surface area contributed by atoms with Gasteiger partial charge in [-0.3, -0.25) is 0 Å². The lowest BCUT2D eigenvalue weighted by Crippen LogP contribution is -2.42. The minimum atomic E-state index is -1.17. The van der Waals surface area contributed by atoms with E-state index in [9.17, 15) is 15.0 Å². The minimum absolute atomic E-state index is 0.428. The van der Waals surface area contributed by atoms with Gasteiger partial charge in [-0.1, -0.05) is 25.5 Å². The normalized spacial score (nSPS) is 18.1. The first-order chi connectivity index (χ1) is 12.1. The molecule has 1 N–H and O–H groups in total. The topological polar surface area (TPSA) is 78.8 Å². The summed E-state index contributed by atoms with van der Waals surface area (Å²) in [4.78, 5) is 12.5. The maximum absolute atomic E-state index is 11.3. The molecule has 0 saturated carbocycles. The quantitative estimate of drug-likeness (QED) is 0.782. The Morgan fingerprint density at radius 3 is 2.76 bits per heavy atom. The minimum Gasteiger partial charge on any atom is -0.550 e.